The molecule has 196 valence electrons. The summed E-state index contributed by atoms with van der Waals surface area (Å²) in [4.78, 5) is 10.4. The van der Waals surface area contributed by atoms with Gasteiger partial charge in [0.25, 0.3) is 0 Å². The van der Waals surface area contributed by atoms with Crippen LogP contribution >= 0.6 is 0 Å². The van der Waals surface area contributed by atoms with Crippen LogP contribution in [0.25, 0.3) is 0 Å². The summed E-state index contributed by atoms with van der Waals surface area (Å²) in [6.07, 6.45) is 1.55. The SMILES string of the molecule is NCCc1ccc(O)c(O)c1.NCCc1ccc(O)c(O)c1.N[C@@H](Cc1ccc(O)c(O)c1)C(=O)O. The zero-order valence-corrected chi connectivity index (χ0v) is 19.6. The van der Waals surface area contributed by atoms with Crippen LogP contribution in [-0.4, -0.2) is 60.8 Å². The number of carbonyl (C=O) groups is 1. The van der Waals surface area contributed by atoms with Gasteiger partial charge >= 0.3 is 5.97 Å². The zero-order chi connectivity index (χ0) is 27.3. The van der Waals surface area contributed by atoms with E-state index in [4.69, 9.17) is 52.9 Å². The van der Waals surface area contributed by atoms with Gasteiger partial charge in [0.1, 0.15) is 6.04 Å². The molecule has 13 N–H and O–H groups in total. The molecule has 36 heavy (non-hydrogen) atoms. The summed E-state index contributed by atoms with van der Waals surface area (Å²) >= 11 is 0. The number of hydrogen-bond acceptors (Lipinski definition) is 10. The third-order valence-corrected chi connectivity index (χ3v) is 4.76. The van der Waals surface area contributed by atoms with Gasteiger partial charge in [0.15, 0.2) is 34.5 Å². The Morgan fingerprint density at radius 1 is 0.611 bits per heavy atom. The van der Waals surface area contributed by atoms with Crippen molar-refractivity contribution >= 4 is 5.97 Å². The lowest BCUT2D eigenvalue weighted by Gasteiger charge is -2.06. The Morgan fingerprint density at radius 2 is 0.944 bits per heavy atom. The summed E-state index contributed by atoms with van der Waals surface area (Å²) in [5, 5.41) is 62.6. The van der Waals surface area contributed by atoms with Crippen LogP contribution in [0, 0.1) is 0 Å². The van der Waals surface area contributed by atoms with Gasteiger partial charge in [-0.05, 0) is 85.4 Å². The van der Waals surface area contributed by atoms with Crippen LogP contribution in [0.5, 0.6) is 34.5 Å². The molecular weight excluding hydrogens is 470 g/mol. The maximum atomic E-state index is 10.4. The molecule has 3 aromatic rings. The fraction of sp³-hybridized carbons (Fsp3) is 0.240. The van der Waals surface area contributed by atoms with Crippen LogP contribution in [0.15, 0.2) is 54.6 Å². The van der Waals surface area contributed by atoms with Crippen molar-refractivity contribution in [2.45, 2.75) is 25.3 Å². The van der Waals surface area contributed by atoms with Gasteiger partial charge in [-0.3, -0.25) is 4.79 Å². The number of nitrogens with two attached hydrogens (primary N) is 3. The summed E-state index contributed by atoms with van der Waals surface area (Å²) in [7, 11) is 0. The largest absolute Gasteiger partial charge is 0.504 e. The second-order valence-corrected chi connectivity index (χ2v) is 7.70. The molecule has 0 aliphatic rings. The van der Waals surface area contributed by atoms with E-state index in [1.54, 1.807) is 12.1 Å². The molecule has 1 atom stereocenters. The van der Waals surface area contributed by atoms with Crippen molar-refractivity contribution in [2.75, 3.05) is 13.1 Å². The molecule has 0 saturated heterocycles. The zero-order valence-electron chi connectivity index (χ0n) is 19.6. The summed E-state index contributed by atoms with van der Waals surface area (Å²) < 4.78 is 0. The lowest BCUT2D eigenvalue weighted by Crippen LogP contribution is -2.32. The summed E-state index contributed by atoms with van der Waals surface area (Å²) in [6.45, 7) is 1.09. The highest BCUT2D eigenvalue weighted by molar-refractivity contribution is 5.73. The van der Waals surface area contributed by atoms with Crippen molar-refractivity contribution in [3.8, 4) is 34.5 Å². The summed E-state index contributed by atoms with van der Waals surface area (Å²) in [5.74, 6) is -1.97. The van der Waals surface area contributed by atoms with Crippen LogP contribution in [0.2, 0.25) is 0 Å². The molecule has 0 bridgehead atoms. The fourth-order valence-electron chi connectivity index (χ4n) is 2.82. The topological polar surface area (TPSA) is 237 Å². The van der Waals surface area contributed by atoms with Gasteiger partial charge in [-0.15, -0.1) is 0 Å². The van der Waals surface area contributed by atoms with Crippen LogP contribution in [-0.2, 0) is 24.1 Å². The highest BCUT2D eigenvalue weighted by atomic mass is 16.4. The van der Waals surface area contributed by atoms with Gasteiger partial charge in [0, 0.05) is 0 Å². The van der Waals surface area contributed by atoms with Crippen molar-refractivity contribution in [3.63, 3.8) is 0 Å². The third kappa shape index (κ3) is 10.4. The Labute approximate surface area is 208 Å². The molecule has 0 fully saturated rings. The fourth-order valence-corrected chi connectivity index (χ4v) is 2.82. The van der Waals surface area contributed by atoms with Crippen molar-refractivity contribution < 1.29 is 40.5 Å². The molecule has 11 heteroatoms. The van der Waals surface area contributed by atoms with Crippen LogP contribution < -0.4 is 17.2 Å². The van der Waals surface area contributed by atoms with E-state index in [0.717, 1.165) is 11.1 Å². The van der Waals surface area contributed by atoms with Crippen molar-refractivity contribution in [3.05, 3.63) is 71.3 Å². The Hall–Kier alpha value is -4.19. The molecule has 3 rings (SSSR count). The highest BCUT2D eigenvalue weighted by Gasteiger charge is 2.12. The number of hydrogen-bond donors (Lipinski definition) is 10. The molecule has 0 aliphatic heterocycles. The number of aromatic hydroxyl groups is 6. The molecule has 0 aliphatic carbocycles. The van der Waals surface area contributed by atoms with E-state index in [9.17, 15) is 4.79 Å². The molecule has 0 amide bonds. The molecule has 0 spiro atoms. The van der Waals surface area contributed by atoms with E-state index in [2.05, 4.69) is 0 Å². The first-order chi connectivity index (χ1) is 17.0. The Bertz CT molecular complexity index is 1070. The quantitative estimate of drug-likeness (QED) is 0.206. The van der Waals surface area contributed by atoms with Gasteiger partial charge in [-0.2, -0.15) is 0 Å². The van der Waals surface area contributed by atoms with Crippen LogP contribution in [0.4, 0.5) is 0 Å². The number of benzene rings is 3. The van der Waals surface area contributed by atoms with Crippen molar-refractivity contribution in [1.29, 1.82) is 0 Å². The number of rotatable bonds is 7. The second kappa shape index (κ2) is 14.9. The van der Waals surface area contributed by atoms with Crippen molar-refractivity contribution in [2.24, 2.45) is 17.2 Å². The molecule has 0 heterocycles. The maximum absolute atomic E-state index is 10.4. The summed E-state index contributed by atoms with van der Waals surface area (Å²) in [5.41, 5.74) is 18.3. The molecule has 0 unspecified atom stereocenters. The molecule has 11 nitrogen and oxygen atoms in total. The normalized spacial score (nSPS) is 10.9. The first kappa shape index (κ1) is 29.8. The first-order valence-electron chi connectivity index (χ1n) is 10.9. The average molecular weight is 504 g/mol. The Morgan fingerprint density at radius 3 is 1.25 bits per heavy atom. The number of carboxylic acids is 1. The third-order valence-electron chi connectivity index (χ3n) is 4.76. The van der Waals surface area contributed by atoms with Crippen LogP contribution in [0.3, 0.4) is 0 Å². The first-order valence-corrected chi connectivity index (χ1v) is 10.9. The number of carboxylic acid groups (broad SMARTS) is 1. The molecule has 0 radical (unpaired) electrons. The molecular formula is C25H33N3O8. The lowest BCUT2D eigenvalue weighted by atomic mass is 10.1. The smallest absolute Gasteiger partial charge is 0.320 e. The standard InChI is InChI=1S/C9H11NO4.2C8H11NO2/c10-6(9(13)14)3-5-1-2-7(11)8(12)4-5;2*9-4-3-6-1-2-7(10)8(11)5-6/h1-2,4,6,11-12H,3,10H2,(H,13,14);2*1-2,5,10-11H,3-4,9H2/t6-;;/m0../s1. The van der Waals surface area contributed by atoms with Gasteiger partial charge in [0.05, 0.1) is 0 Å². The van der Waals surface area contributed by atoms with E-state index in [-0.39, 0.29) is 40.9 Å². The van der Waals surface area contributed by atoms with Gasteiger partial charge in [0.2, 0.25) is 0 Å². The maximum Gasteiger partial charge on any atom is 0.320 e. The van der Waals surface area contributed by atoms with E-state index >= 15 is 0 Å². The average Bonchev–Trinajstić information content (AvgIpc) is 2.82. The van der Waals surface area contributed by atoms with Gasteiger partial charge in [-0.1, -0.05) is 18.2 Å². The van der Waals surface area contributed by atoms with Gasteiger partial charge < -0.3 is 52.9 Å². The number of aliphatic carboxylic acids is 1. The minimum Gasteiger partial charge on any atom is -0.504 e. The second-order valence-electron chi connectivity index (χ2n) is 7.70. The predicted octanol–water partition coefficient (Wildman–Crippen LogP) is 1.25. The van der Waals surface area contributed by atoms with Crippen LogP contribution in [0.1, 0.15) is 16.7 Å². The van der Waals surface area contributed by atoms with E-state index in [1.165, 1.54) is 42.5 Å². The number of phenols is 6. The molecule has 3 aromatic carbocycles. The van der Waals surface area contributed by atoms with E-state index in [0.29, 0.717) is 31.5 Å². The molecule has 0 aromatic heterocycles. The predicted molar refractivity (Wildman–Crippen MR) is 134 cm³/mol. The minimum absolute atomic E-state index is 0.0871. The Balaban J connectivity index is 0.000000273. The highest BCUT2D eigenvalue weighted by Crippen LogP contribution is 2.26. The number of phenolic OH excluding ortho intramolecular Hbond substituents is 6. The lowest BCUT2D eigenvalue weighted by molar-refractivity contribution is -0.138. The van der Waals surface area contributed by atoms with Crippen molar-refractivity contribution in [1.82, 2.24) is 0 Å². The summed E-state index contributed by atoms with van der Waals surface area (Å²) in [6, 6.07) is 12.5. The van der Waals surface area contributed by atoms with E-state index in [1.807, 2.05) is 0 Å². The Kier molecular flexibility index (Phi) is 12.4. The minimum atomic E-state index is -1.10. The van der Waals surface area contributed by atoms with Gasteiger partial charge in [-0.25, -0.2) is 0 Å². The monoisotopic (exact) mass is 503 g/mol. The van der Waals surface area contributed by atoms with E-state index < -0.39 is 12.0 Å². The molecule has 0 saturated carbocycles.